The molecule has 1 fully saturated rings. The van der Waals surface area contributed by atoms with Crippen LogP contribution < -0.4 is 15.0 Å². The Hall–Kier alpha value is -2.82. The van der Waals surface area contributed by atoms with Crippen molar-refractivity contribution in [1.82, 2.24) is 5.32 Å². The summed E-state index contributed by atoms with van der Waals surface area (Å²) in [5.41, 5.74) is 2.03. The minimum Gasteiger partial charge on any atom is -0.497 e. The van der Waals surface area contributed by atoms with Crippen molar-refractivity contribution >= 4 is 17.5 Å². The average molecular weight is 352 g/mol. The lowest BCUT2D eigenvalue weighted by molar-refractivity contribution is -0.127. The average Bonchev–Trinajstić information content (AvgIpc) is 2.98. The van der Waals surface area contributed by atoms with Crippen LogP contribution in [0.2, 0.25) is 0 Å². The minimum absolute atomic E-state index is 0.0136. The van der Waals surface area contributed by atoms with E-state index in [1.807, 2.05) is 42.5 Å². The van der Waals surface area contributed by atoms with Gasteiger partial charge in [0.2, 0.25) is 11.8 Å². The number of hydrogen-bond acceptors (Lipinski definition) is 3. The molecule has 0 saturated carbocycles. The van der Waals surface area contributed by atoms with E-state index in [0.29, 0.717) is 6.54 Å². The van der Waals surface area contributed by atoms with Gasteiger partial charge in [-0.2, -0.15) is 0 Å². The highest BCUT2D eigenvalue weighted by Gasteiger charge is 2.41. The van der Waals surface area contributed by atoms with Crippen LogP contribution in [0.5, 0.6) is 5.75 Å². The summed E-state index contributed by atoms with van der Waals surface area (Å²) in [6.07, 6.45) is 1.00. The molecular formula is C21H24N2O3. The molecule has 26 heavy (non-hydrogen) atoms. The van der Waals surface area contributed by atoms with Crippen LogP contribution in [0, 0.1) is 11.8 Å². The third kappa shape index (κ3) is 3.87. The molecule has 1 N–H and O–H groups in total. The van der Waals surface area contributed by atoms with Crippen molar-refractivity contribution < 1.29 is 14.3 Å². The first-order chi connectivity index (χ1) is 12.6. The van der Waals surface area contributed by atoms with Crippen LogP contribution in [0.15, 0.2) is 54.6 Å². The van der Waals surface area contributed by atoms with Crippen molar-refractivity contribution in [3.63, 3.8) is 0 Å². The monoisotopic (exact) mass is 352 g/mol. The van der Waals surface area contributed by atoms with Gasteiger partial charge in [0.25, 0.3) is 0 Å². The molecule has 1 saturated heterocycles. The number of amides is 2. The maximum Gasteiger partial charge on any atom is 0.230 e. The Bertz CT molecular complexity index is 759. The lowest BCUT2D eigenvalue weighted by atomic mass is 9.87. The minimum atomic E-state index is -0.308. The van der Waals surface area contributed by atoms with Gasteiger partial charge >= 0.3 is 0 Å². The molecule has 0 aromatic heterocycles. The van der Waals surface area contributed by atoms with Gasteiger partial charge in [-0.1, -0.05) is 30.3 Å². The van der Waals surface area contributed by atoms with Gasteiger partial charge < -0.3 is 15.0 Å². The van der Waals surface area contributed by atoms with Crippen LogP contribution in [-0.4, -0.2) is 32.5 Å². The Morgan fingerprint density at radius 2 is 1.85 bits per heavy atom. The van der Waals surface area contributed by atoms with Crippen LogP contribution in [0.1, 0.15) is 12.0 Å². The van der Waals surface area contributed by atoms with Gasteiger partial charge in [0.05, 0.1) is 13.0 Å². The fourth-order valence-electron chi connectivity index (χ4n) is 3.53. The normalized spacial score (nSPS) is 19.5. The molecule has 1 aliphatic heterocycles. The summed E-state index contributed by atoms with van der Waals surface area (Å²) in [4.78, 5) is 26.8. The number of carbonyl (C=O) groups is 2. The fraction of sp³-hybridized carbons (Fsp3) is 0.333. The summed E-state index contributed by atoms with van der Waals surface area (Å²) in [7, 11) is 3.22. The number of rotatable bonds is 6. The number of anilines is 1. The molecule has 3 rings (SSSR count). The van der Waals surface area contributed by atoms with E-state index < -0.39 is 0 Å². The molecule has 5 heteroatoms. The smallest absolute Gasteiger partial charge is 0.230 e. The van der Waals surface area contributed by atoms with Crippen LogP contribution in [0.4, 0.5) is 5.69 Å². The van der Waals surface area contributed by atoms with Gasteiger partial charge in [0.1, 0.15) is 5.75 Å². The highest BCUT2D eigenvalue weighted by Crippen LogP contribution is 2.34. The summed E-state index contributed by atoms with van der Waals surface area (Å²) in [5.74, 6) is 0.461. The fourth-order valence-corrected chi connectivity index (χ4v) is 3.53. The molecule has 0 bridgehead atoms. The highest BCUT2D eigenvalue weighted by molar-refractivity contribution is 5.99. The molecule has 2 aromatic carbocycles. The van der Waals surface area contributed by atoms with Crippen LogP contribution in [0.3, 0.4) is 0 Å². The molecule has 0 radical (unpaired) electrons. The molecule has 2 amide bonds. The van der Waals surface area contributed by atoms with Gasteiger partial charge in [-0.05, 0) is 42.2 Å². The Morgan fingerprint density at radius 3 is 2.46 bits per heavy atom. The first kappa shape index (κ1) is 18.0. The largest absolute Gasteiger partial charge is 0.497 e. The van der Waals surface area contributed by atoms with E-state index in [1.54, 1.807) is 19.1 Å². The summed E-state index contributed by atoms with van der Waals surface area (Å²) in [6.45, 7) is 0.613. The molecule has 0 unspecified atom stereocenters. The van der Waals surface area contributed by atoms with E-state index in [9.17, 15) is 9.59 Å². The Morgan fingerprint density at radius 1 is 1.15 bits per heavy atom. The number of methoxy groups -OCH3 is 1. The van der Waals surface area contributed by atoms with Gasteiger partial charge in [0.15, 0.2) is 0 Å². The van der Waals surface area contributed by atoms with Crippen LogP contribution >= 0.6 is 0 Å². The van der Waals surface area contributed by atoms with Crippen molar-refractivity contribution in [3.05, 3.63) is 60.2 Å². The predicted molar refractivity (Wildman–Crippen MR) is 101 cm³/mol. The zero-order valence-corrected chi connectivity index (χ0v) is 15.1. The lowest BCUT2D eigenvalue weighted by Crippen LogP contribution is -2.30. The van der Waals surface area contributed by atoms with E-state index in [2.05, 4.69) is 17.4 Å². The highest BCUT2D eigenvalue weighted by atomic mass is 16.5. The number of nitrogens with zero attached hydrogens (tertiary/aromatic N) is 1. The number of carbonyl (C=O) groups excluding carboxylic acids is 2. The van der Waals surface area contributed by atoms with E-state index in [-0.39, 0.29) is 30.1 Å². The number of nitrogens with one attached hydrogen (secondary N) is 1. The number of ether oxygens (including phenoxy) is 1. The zero-order chi connectivity index (χ0) is 18.5. The number of benzene rings is 2. The molecule has 1 aliphatic rings. The topological polar surface area (TPSA) is 58.6 Å². The second kappa shape index (κ2) is 8.04. The molecular weight excluding hydrogens is 328 g/mol. The Balaban J connectivity index is 1.83. The van der Waals surface area contributed by atoms with Gasteiger partial charge in [-0.25, -0.2) is 0 Å². The number of hydrogen-bond donors (Lipinski definition) is 1. The standard InChI is InChI=1S/C21H24N2O3/c1-22-20(24)13-19-16(12-15-6-4-3-5-7-15)14-23(21(19)25)17-8-10-18(26-2)11-9-17/h3-11,16,19H,12-14H2,1-2H3,(H,22,24)/t16-,19+/m0/s1. The molecule has 5 nitrogen and oxygen atoms in total. The van der Waals surface area contributed by atoms with Crippen molar-refractivity contribution in [1.29, 1.82) is 0 Å². The third-order valence-electron chi connectivity index (χ3n) is 4.98. The van der Waals surface area contributed by atoms with Crippen molar-refractivity contribution in [2.75, 3.05) is 25.6 Å². The van der Waals surface area contributed by atoms with E-state index >= 15 is 0 Å². The van der Waals surface area contributed by atoms with Gasteiger partial charge in [-0.3, -0.25) is 9.59 Å². The summed E-state index contributed by atoms with van der Waals surface area (Å²) in [6, 6.07) is 17.6. The summed E-state index contributed by atoms with van der Waals surface area (Å²) >= 11 is 0. The molecule has 2 atom stereocenters. The van der Waals surface area contributed by atoms with E-state index in [4.69, 9.17) is 4.74 Å². The SMILES string of the molecule is CNC(=O)C[C@H]1C(=O)N(c2ccc(OC)cc2)C[C@@H]1Cc1ccccc1. The predicted octanol–water partition coefficient (Wildman–Crippen LogP) is 2.65. The van der Waals surface area contributed by atoms with Crippen molar-refractivity contribution in [2.45, 2.75) is 12.8 Å². The van der Waals surface area contributed by atoms with Crippen molar-refractivity contribution in [2.24, 2.45) is 11.8 Å². The van der Waals surface area contributed by atoms with E-state index in [1.165, 1.54) is 5.56 Å². The first-order valence-corrected chi connectivity index (χ1v) is 8.82. The van der Waals surface area contributed by atoms with Gasteiger partial charge in [-0.15, -0.1) is 0 Å². The lowest BCUT2D eigenvalue weighted by Gasteiger charge is -2.17. The van der Waals surface area contributed by atoms with Crippen LogP contribution in [-0.2, 0) is 16.0 Å². The second-order valence-corrected chi connectivity index (χ2v) is 6.58. The summed E-state index contributed by atoms with van der Waals surface area (Å²) < 4.78 is 5.19. The molecule has 0 aliphatic carbocycles. The molecule has 2 aromatic rings. The van der Waals surface area contributed by atoms with Gasteiger partial charge in [0, 0.05) is 25.7 Å². The van der Waals surface area contributed by atoms with Crippen LogP contribution in [0.25, 0.3) is 0 Å². The Kier molecular flexibility index (Phi) is 5.56. The second-order valence-electron chi connectivity index (χ2n) is 6.58. The third-order valence-corrected chi connectivity index (χ3v) is 4.98. The molecule has 1 heterocycles. The molecule has 136 valence electrons. The van der Waals surface area contributed by atoms with E-state index in [0.717, 1.165) is 17.9 Å². The maximum atomic E-state index is 13.0. The zero-order valence-electron chi connectivity index (χ0n) is 15.1. The quantitative estimate of drug-likeness (QED) is 0.869. The Labute approximate surface area is 154 Å². The van der Waals surface area contributed by atoms with Crippen molar-refractivity contribution in [3.8, 4) is 5.75 Å². The first-order valence-electron chi connectivity index (χ1n) is 8.82. The summed E-state index contributed by atoms with van der Waals surface area (Å²) in [5, 5.41) is 2.64. The molecule has 0 spiro atoms. The maximum absolute atomic E-state index is 13.0.